The predicted octanol–water partition coefficient (Wildman–Crippen LogP) is 4.70. The van der Waals surface area contributed by atoms with Crippen LogP contribution >= 0.6 is 27.7 Å². The van der Waals surface area contributed by atoms with Crippen molar-refractivity contribution in [3.8, 4) is 11.5 Å². The van der Waals surface area contributed by atoms with E-state index < -0.39 is 4.92 Å². The van der Waals surface area contributed by atoms with Crippen LogP contribution in [0.25, 0.3) is 11.5 Å². The molecule has 0 spiro atoms. The molecular weight excluding hydrogens is 382 g/mol. The molecule has 0 aliphatic rings. The van der Waals surface area contributed by atoms with E-state index in [1.807, 2.05) is 24.3 Å². The number of halogens is 1. The lowest BCUT2D eigenvalue weighted by Crippen LogP contribution is -1.93. The van der Waals surface area contributed by atoms with Crippen molar-refractivity contribution in [1.82, 2.24) is 10.2 Å². The van der Waals surface area contributed by atoms with Crippen LogP contribution in [0.5, 0.6) is 0 Å². The molecule has 0 fully saturated rings. The Morgan fingerprint density at radius 2 is 1.87 bits per heavy atom. The van der Waals surface area contributed by atoms with Crippen molar-refractivity contribution >= 4 is 33.4 Å². The highest BCUT2D eigenvalue weighted by Crippen LogP contribution is 2.29. The molecule has 0 aliphatic carbocycles. The quantitative estimate of drug-likeness (QED) is 0.356. The molecule has 3 aromatic rings. The number of hydrogen-bond acceptors (Lipinski definition) is 6. The maximum atomic E-state index is 11.0. The Kier molecular flexibility index (Phi) is 4.73. The van der Waals surface area contributed by atoms with Crippen molar-refractivity contribution in [3.63, 3.8) is 0 Å². The topological polar surface area (TPSA) is 82.1 Å². The molecule has 0 saturated heterocycles. The molecule has 6 nitrogen and oxygen atoms in total. The number of aromatic nitrogens is 2. The summed E-state index contributed by atoms with van der Waals surface area (Å²) in [4.78, 5) is 10.6. The van der Waals surface area contributed by atoms with Gasteiger partial charge in [0.1, 0.15) is 0 Å². The summed E-state index contributed by atoms with van der Waals surface area (Å²) in [5.41, 5.74) is 1.52. The lowest BCUT2D eigenvalue weighted by molar-refractivity contribution is -0.385. The van der Waals surface area contributed by atoms with Gasteiger partial charge in [-0.3, -0.25) is 10.1 Å². The highest BCUT2D eigenvalue weighted by Gasteiger charge is 2.15. The number of nitro groups is 1. The van der Waals surface area contributed by atoms with Gasteiger partial charge in [-0.25, -0.2) is 0 Å². The highest BCUT2D eigenvalue weighted by molar-refractivity contribution is 9.10. The van der Waals surface area contributed by atoms with E-state index in [1.54, 1.807) is 18.2 Å². The first kappa shape index (κ1) is 15.7. The van der Waals surface area contributed by atoms with Crippen molar-refractivity contribution in [2.45, 2.75) is 11.0 Å². The van der Waals surface area contributed by atoms with Crippen LogP contribution in [0.15, 0.2) is 62.6 Å². The number of rotatable bonds is 5. The van der Waals surface area contributed by atoms with Gasteiger partial charge in [0.2, 0.25) is 5.89 Å². The van der Waals surface area contributed by atoms with Crippen molar-refractivity contribution in [1.29, 1.82) is 0 Å². The fourth-order valence-corrected chi connectivity index (χ4v) is 2.95. The average Bonchev–Trinajstić information content (AvgIpc) is 3.03. The summed E-state index contributed by atoms with van der Waals surface area (Å²) in [5.74, 6) is 0.807. The third kappa shape index (κ3) is 3.77. The number of benzene rings is 2. The lowest BCUT2D eigenvalue weighted by Gasteiger charge is -2.00. The third-order valence-corrected chi connectivity index (χ3v) is 4.43. The zero-order chi connectivity index (χ0) is 16.2. The van der Waals surface area contributed by atoms with Crippen LogP contribution in [0.1, 0.15) is 5.56 Å². The molecule has 2 aromatic carbocycles. The van der Waals surface area contributed by atoms with Gasteiger partial charge in [-0.05, 0) is 24.3 Å². The second-order valence-electron chi connectivity index (χ2n) is 4.55. The molecule has 0 atom stereocenters. The molecule has 116 valence electrons. The van der Waals surface area contributed by atoms with Crippen LogP contribution in [0.2, 0.25) is 0 Å². The number of hydrogen-bond donors (Lipinski definition) is 0. The minimum atomic E-state index is -0.392. The molecule has 3 rings (SSSR count). The van der Waals surface area contributed by atoms with Gasteiger partial charge in [-0.1, -0.05) is 45.9 Å². The minimum absolute atomic E-state index is 0.0904. The number of nitrogens with zero attached hydrogens (tertiary/aromatic N) is 3. The molecule has 0 amide bonds. The Labute approximate surface area is 144 Å². The van der Waals surface area contributed by atoms with E-state index in [1.165, 1.54) is 17.8 Å². The van der Waals surface area contributed by atoms with Crippen LogP contribution in [-0.4, -0.2) is 15.1 Å². The average molecular weight is 392 g/mol. The van der Waals surface area contributed by atoms with Gasteiger partial charge in [0.15, 0.2) is 0 Å². The van der Waals surface area contributed by atoms with E-state index in [2.05, 4.69) is 26.1 Å². The van der Waals surface area contributed by atoms with Gasteiger partial charge in [-0.2, -0.15) is 0 Å². The van der Waals surface area contributed by atoms with Gasteiger partial charge in [-0.15, -0.1) is 10.2 Å². The van der Waals surface area contributed by atoms with E-state index in [9.17, 15) is 10.1 Å². The molecule has 0 radical (unpaired) electrons. The molecule has 0 N–H and O–H groups in total. The first-order chi connectivity index (χ1) is 11.1. The second kappa shape index (κ2) is 6.93. The van der Waals surface area contributed by atoms with E-state index in [-0.39, 0.29) is 5.69 Å². The van der Waals surface area contributed by atoms with E-state index >= 15 is 0 Å². The fourth-order valence-electron chi connectivity index (χ4n) is 1.93. The third-order valence-electron chi connectivity index (χ3n) is 3.04. The first-order valence-electron chi connectivity index (χ1n) is 6.58. The summed E-state index contributed by atoms with van der Waals surface area (Å²) in [5, 5.41) is 19.3. The maximum Gasteiger partial charge on any atom is 0.277 e. The summed E-state index contributed by atoms with van der Waals surface area (Å²) < 4.78 is 6.55. The predicted molar refractivity (Wildman–Crippen MR) is 90.1 cm³/mol. The Morgan fingerprint density at radius 3 is 2.61 bits per heavy atom. The number of para-hydroxylation sites is 1. The molecule has 8 heteroatoms. The summed E-state index contributed by atoms with van der Waals surface area (Å²) in [6, 6.07) is 14.1. The summed E-state index contributed by atoms with van der Waals surface area (Å²) >= 11 is 4.64. The monoisotopic (exact) mass is 391 g/mol. The van der Waals surface area contributed by atoms with Gasteiger partial charge >= 0.3 is 0 Å². The van der Waals surface area contributed by atoms with Crippen molar-refractivity contribution in [3.05, 3.63) is 68.7 Å². The maximum absolute atomic E-state index is 11.0. The second-order valence-corrected chi connectivity index (χ2v) is 6.40. The zero-order valence-electron chi connectivity index (χ0n) is 11.7. The minimum Gasteiger partial charge on any atom is -0.411 e. The Morgan fingerprint density at radius 1 is 1.13 bits per heavy atom. The molecule has 0 aliphatic heterocycles. The molecule has 1 aromatic heterocycles. The van der Waals surface area contributed by atoms with Gasteiger partial charge < -0.3 is 4.42 Å². The molecule has 0 saturated carbocycles. The zero-order valence-corrected chi connectivity index (χ0v) is 14.1. The highest BCUT2D eigenvalue weighted by atomic mass is 79.9. The molecule has 0 unspecified atom stereocenters. The fraction of sp³-hybridized carbons (Fsp3) is 0.0667. The molecule has 0 bridgehead atoms. The van der Waals surface area contributed by atoms with Crippen LogP contribution in [-0.2, 0) is 5.75 Å². The number of nitro benzene ring substituents is 1. The summed E-state index contributed by atoms with van der Waals surface area (Å²) in [7, 11) is 0. The van der Waals surface area contributed by atoms with Crippen molar-refractivity contribution in [2.24, 2.45) is 0 Å². The summed E-state index contributed by atoms with van der Waals surface area (Å²) in [6.45, 7) is 0. The Bertz CT molecular complexity index is 836. The van der Waals surface area contributed by atoms with Crippen molar-refractivity contribution < 1.29 is 9.34 Å². The smallest absolute Gasteiger partial charge is 0.277 e. The molecule has 23 heavy (non-hydrogen) atoms. The van der Waals surface area contributed by atoms with Gasteiger partial charge in [0.25, 0.3) is 10.9 Å². The van der Waals surface area contributed by atoms with Crippen molar-refractivity contribution in [2.75, 3.05) is 0 Å². The Balaban J connectivity index is 1.73. The number of thioether (sulfide) groups is 1. The first-order valence-corrected chi connectivity index (χ1v) is 8.36. The SMILES string of the molecule is O=[N+]([O-])c1ccccc1CSc1nnc(-c2ccc(Br)cc2)o1. The van der Waals surface area contributed by atoms with Crippen LogP contribution in [0, 0.1) is 10.1 Å². The largest absolute Gasteiger partial charge is 0.411 e. The van der Waals surface area contributed by atoms with E-state index in [0.717, 1.165) is 10.0 Å². The van der Waals surface area contributed by atoms with Crippen LogP contribution < -0.4 is 0 Å². The molecular formula is C15H10BrN3O3S. The Hall–Kier alpha value is -2.19. The normalized spacial score (nSPS) is 10.7. The van der Waals surface area contributed by atoms with E-state index in [0.29, 0.717) is 22.4 Å². The van der Waals surface area contributed by atoms with E-state index in [4.69, 9.17) is 4.42 Å². The van der Waals surface area contributed by atoms with Gasteiger partial charge in [0, 0.05) is 27.4 Å². The van der Waals surface area contributed by atoms with Crippen LogP contribution in [0.3, 0.4) is 0 Å². The van der Waals surface area contributed by atoms with Crippen LogP contribution in [0.4, 0.5) is 5.69 Å². The standard InChI is InChI=1S/C15H10BrN3O3S/c16-12-7-5-10(6-8-12)14-17-18-15(22-14)23-9-11-3-1-2-4-13(11)19(20)21/h1-8H,9H2. The van der Waals surface area contributed by atoms with Gasteiger partial charge in [0.05, 0.1) is 4.92 Å². The lowest BCUT2D eigenvalue weighted by atomic mass is 10.2. The molecule has 1 heterocycles. The summed E-state index contributed by atoms with van der Waals surface area (Å²) in [6.07, 6.45) is 0.